The molecule has 214 valence electrons. The number of allylic oxidation sites excluding steroid dienone is 1. The van der Waals surface area contributed by atoms with Gasteiger partial charge in [0.1, 0.15) is 5.75 Å². The number of primary amides is 1. The molecule has 0 aliphatic heterocycles. The zero-order valence-corrected chi connectivity index (χ0v) is 24.2. The van der Waals surface area contributed by atoms with Crippen molar-refractivity contribution >= 4 is 29.1 Å². The predicted octanol–water partition coefficient (Wildman–Crippen LogP) is 5.51. The molecule has 9 heteroatoms. The molecule has 41 heavy (non-hydrogen) atoms. The summed E-state index contributed by atoms with van der Waals surface area (Å²) in [6.45, 7) is 0.248. The first-order valence-corrected chi connectivity index (χ1v) is 13.3. The molecule has 1 atom stereocenters. The molecule has 1 aliphatic rings. The molecular formula is C32H33ClN2O6. The summed E-state index contributed by atoms with van der Waals surface area (Å²) >= 11 is 6.03. The van der Waals surface area contributed by atoms with Crippen LogP contribution in [-0.4, -0.2) is 40.3 Å². The number of methoxy groups -OCH3 is 4. The minimum absolute atomic E-state index is 0.248. The molecule has 2 amide bonds. The van der Waals surface area contributed by atoms with Crippen LogP contribution >= 0.6 is 11.6 Å². The van der Waals surface area contributed by atoms with Gasteiger partial charge in [0.05, 0.1) is 46.1 Å². The highest BCUT2D eigenvalue weighted by Crippen LogP contribution is 2.42. The molecular weight excluding hydrogens is 544 g/mol. The number of amides is 2. The lowest BCUT2D eigenvalue weighted by atomic mass is 9.74. The van der Waals surface area contributed by atoms with Crippen LogP contribution in [0.2, 0.25) is 5.02 Å². The van der Waals surface area contributed by atoms with Gasteiger partial charge in [-0.3, -0.25) is 9.59 Å². The molecule has 0 spiro atoms. The molecule has 1 aliphatic carbocycles. The van der Waals surface area contributed by atoms with Crippen LogP contribution in [0.25, 0.3) is 0 Å². The van der Waals surface area contributed by atoms with Gasteiger partial charge in [-0.1, -0.05) is 54.1 Å². The second kappa shape index (κ2) is 12.8. The molecule has 8 nitrogen and oxygen atoms in total. The highest BCUT2D eigenvalue weighted by Gasteiger charge is 2.36. The molecule has 1 unspecified atom stereocenters. The van der Waals surface area contributed by atoms with Crippen LogP contribution in [0, 0.1) is 5.41 Å². The average Bonchev–Trinajstić information content (AvgIpc) is 3.00. The average molecular weight is 577 g/mol. The number of hydrogen-bond donors (Lipinski definition) is 1. The van der Waals surface area contributed by atoms with Crippen LogP contribution in [0.1, 0.15) is 17.5 Å². The lowest BCUT2D eigenvalue weighted by molar-refractivity contribution is -0.125. The van der Waals surface area contributed by atoms with E-state index in [1.54, 1.807) is 54.5 Å². The number of carbonyl (C=O) groups excluding carboxylic acids is 2. The molecule has 0 aromatic heterocycles. The molecule has 2 N–H and O–H groups in total. The summed E-state index contributed by atoms with van der Waals surface area (Å²) in [6.07, 6.45) is 5.83. The molecule has 3 aromatic rings. The van der Waals surface area contributed by atoms with Crippen LogP contribution < -0.4 is 29.6 Å². The lowest BCUT2D eigenvalue weighted by Gasteiger charge is -2.31. The van der Waals surface area contributed by atoms with Gasteiger partial charge in [0, 0.05) is 22.7 Å². The van der Waals surface area contributed by atoms with Crippen molar-refractivity contribution < 1.29 is 28.5 Å². The Hall–Kier alpha value is -4.43. The molecule has 0 saturated heterocycles. The third-order valence-electron chi connectivity index (χ3n) is 7.14. The van der Waals surface area contributed by atoms with E-state index in [1.807, 2.05) is 36.4 Å². The highest BCUT2D eigenvalue weighted by atomic mass is 35.5. The third-order valence-corrected chi connectivity index (χ3v) is 7.40. The number of hydrogen-bond acceptors (Lipinski definition) is 6. The van der Waals surface area contributed by atoms with Crippen molar-refractivity contribution in [3.8, 4) is 23.0 Å². The van der Waals surface area contributed by atoms with Gasteiger partial charge in [-0.05, 0) is 48.2 Å². The van der Waals surface area contributed by atoms with Crippen LogP contribution in [-0.2, 0) is 22.6 Å². The van der Waals surface area contributed by atoms with Crippen molar-refractivity contribution in [2.45, 2.75) is 19.4 Å². The van der Waals surface area contributed by atoms with E-state index < -0.39 is 11.3 Å². The summed E-state index contributed by atoms with van der Waals surface area (Å²) in [6, 6.07) is 18.2. The Morgan fingerprint density at radius 3 is 1.98 bits per heavy atom. The van der Waals surface area contributed by atoms with Crippen LogP contribution in [0.5, 0.6) is 23.0 Å². The van der Waals surface area contributed by atoms with Gasteiger partial charge in [0.25, 0.3) is 5.91 Å². The van der Waals surface area contributed by atoms with Crippen LogP contribution in [0.4, 0.5) is 5.69 Å². The van der Waals surface area contributed by atoms with Gasteiger partial charge in [-0.15, -0.1) is 0 Å². The summed E-state index contributed by atoms with van der Waals surface area (Å²) < 4.78 is 21.8. The largest absolute Gasteiger partial charge is 0.497 e. The fraction of sp³-hybridized carbons (Fsp3) is 0.250. The highest BCUT2D eigenvalue weighted by molar-refractivity contribution is 6.30. The van der Waals surface area contributed by atoms with E-state index >= 15 is 0 Å². The standard InChI is InChI=1S/C32H33ClN2O6/c1-38-26-11-7-22(8-12-26)20-35(25-17-27(39-2)29(41-4)28(18-25)40-3)30(36)23-13-15-32(16-14-23,31(34)37)19-21-5-9-24(33)10-6-21/h5-15,17-18H,16,19-20H2,1-4H3,(H2,34,37). The number of nitrogens with zero attached hydrogens (tertiary/aromatic N) is 1. The van der Waals surface area contributed by atoms with Gasteiger partial charge in [0.15, 0.2) is 11.5 Å². The van der Waals surface area contributed by atoms with Crippen molar-refractivity contribution in [3.63, 3.8) is 0 Å². The monoisotopic (exact) mass is 576 g/mol. The van der Waals surface area contributed by atoms with Gasteiger partial charge in [-0.25, -0.2) is 0 Å². The fourth-order valence-corrected chi connectivity index (χ4v) is 4.90. The number of carbonyl (C=O) groups is 2. The van der Waals surface area contributed by atoms with Crippen molar-refractivity contribution in [1.29, 1.82) is 0 Å². The van der Waals surface area contributed by atoms with E-state index in [9.17, 15) is 9.59 Å². The molecule has 0 saturated carbocycles. The number of rotatable bonds is 11. The molecule has 0 radical (unpaired) electrons. The molecule has 3 aromatic carbocycles. The molecule has 0 heterocycles. The maximum Gasteiger partial charge on any atom is 0.258 e. The Bertz CT molecular complexity index is 1440. The Kier molecular flexibility index (Phi) is 9.24. The fourth-order valence-electron chi connectivity index (χ4n) is 4.78. The summed E-state index contributed by atoms with van der Waals surface area (Å²) in [5, 5.41) is 0.609. The van der Waals surface area contributed by atoms with Crippen molar-refractivity contribution in [1.82, 2.24) is 0 Å². The zero-order chi connectivity index (χ0) is 29.6. The van der Waals surface area contributed by atoms with E-state index in [4.69, 9.17) is 36.3 Å². The van der Waals surface area contributed by atoms with Crippen LogP contribution in [0.15, 0.2) is 84.5 Å². The van der Waals surface area contributed by atoms with Crippen LogP contribution in [0.3, 0.4) is 0 Å². The zero-order valence-electron chi connectivity index (χ0n) is 23.5. The smallest absolute Gasteiger partial charge is 0.258 e. The first-order chi connectivity index (χ1) is 19.7. The Labute approximate surface area is 244 Å². The van der Waals surface area contributed by atoms with E-state index in [0.717, 1.165) is 11.1 Å². The van der Waals surface area contributed by atoms with Gasteiger partial charge in [0.2, 0.25) is 11.7 Å². The van der Waals surface area contributed by atoms with E-state index in [0.29, 0.717) is 45.7 Å². The molecule has 0 bridgehead atoms. The topological polar surface area (TPSA) is 100 Å². The molecule has 4 rings (SSSR count). The quantitative estimate of drug-likeness (QED) is 0.323. The normalized spacial score (nSPS) is 16.0. The van der Waals surface area contributed by atoms with Crippen molar-refractivity contribution in [3.05, 3.63) is 101 Å². The summed E-state index contributed by atoms with van der Waals surface area (Å²) in [5.74, 6) is 1.22. The summed E-state index contributed by atoms with van der Waals surface area (Å²) in [4.78, 5) is 28.4. The maximum atomic E-state index is 14.1. The number of nitrogens with two attached hydrogens (primary N) is 1. The van der Waals surface area contributed by atoms with Gasteiger partial charge >= 0.3 is 0 Å². The van der Waals surface area contributed by atoms with Crippen molar-refractivity contribution in [2.75, 3.05) is 33.3 Å². The minimum atomic E-state index is -0.967. The summed E-state index contributed by atoms with van der Waals surface area (Å²) in [7, 11) is 6.16. The number of benzene rings is 3. The second-order valence-corrected chi connectivity index (χ2v) is 10.1. The van der Waals surface area contributed by atoms with Gasteiger partial charge < -0.3 is 29.6 Å². The number of halogens is 1. The van der Waals surface area contributed by atoms with E-state index in [2.05, 4.69) is 0 Å². The van der Waals surface area contributed by atoms with E-state index in [-0.39, 0.29) is 18.9 Å². The van der Waals surface area contributed by atoms with Gasteiger partial charge in [-0.2, -0.15) is 0 Å². The minimum Gasteiger partial charge on any atom is -0.497 e. The Morgan fingerprint density at radius 2 is 1.49 bits per heavy atom. The summed E-state index contributed by atoms with van der Waals surface area (Å²) in [5.41, 5.74) is 7.68. The Balaban J connectivity index is 1.69. The number of anilines is 1. The SMILES string of the molecule is COc1ccc(CN(C(=O)C2=CCC(Cc3ccc(Cl)cc3)(C(N)=O)C=C2)c2cc(OC)c(OC)c(OC)c2)cc1. The lowest BCUT2D eigenvalue weighted by Crippen LogP contribution is -2.39. The first kappa shape index (κ1) is 29.6. The van der Waals surface area contributed by atoms with Crippen molar-refractivity contribution in [2.24, 2.45) is 11.1 Å². The predicted molar refractivity (Wildman–Crippen MR) is 159 cm³/mol. The van der Waals surface area contributed by atoms with E-state index in [1.165, 1.54) is 21.3 Å². The Morgan fingerprint density at radius 1 is 0.878 bits per heavy atom. The maximum absolute atomic E-state index is 14.1. The molecule has 0 fully saturated rings. The second-order valence-electron chi connectivity index (χ2n) is 9.64. The number of ether oxygens (including phenoxy) is 4. The third kappa shape index (κ3) is 6.49. The first-order valence-electron chi connectivity index (χ1n) is 12.9.